The second-order valence-corrected chi connectivity index (χ2v) is 8.75. The third-order valence-electron chi connectivity index (χ3n) is 6.07. The maximum Gasteiger partial charge on any atom is 0.114 e. The Morgan fingerprint density at radius 3 is 1.62 bits per heavy atom. The molecule has 0 amide bonds. The first-order valence-electron chi connectivity index (χ1n) is 12.4. The van der Waals surface area contributed by atoms with E-state index in [0.29, 0.717) is 6.61 Å². The number of ether oxygens (including phenoxy) is 2. The van der Waals surface area contributed by atoms with Gasteiger partial charge in [0.25, 0.3) is 0 Å². The van der Waals surface area contributed by atoms with Crippen LogP contribution in [0.3, 0.4) is 0 Å². The summed E-state index contributed by atoms with van der Waals surface area (Å²) in [5.74, 6) is 0. The quantitative estimate of drug-likeness (QED) is 0.265. The third kappa shape index (κ3) is 13.0. The molecular weight excluding hydrogens is 368 g/mol. The van der Waals surface area contributed by atoms with Crippen molar-refractivity contribution in [3.63, 3.8) is 0 Å². The molecule has 174 valence electrons. The van der Waals surface area contributed by atoms with Crippen LogP contribution in [0.25, 0.3) is 0 Å². The van der Waals surface area contributed by atoms with Crippen LogP contribution in [0.4, 0.5) is 0 Å². The van der Waals surface area contributed by atoms with Crippen molar-refractivity contribution in [3.8, 4) is 0 Å². The van der Waals surface area contributed by atoms with Gasteiger partial charge in [0.15, 0.2) is 0 Å². The Labute approximate surface area is 179 Å². The smallest absolute Gasteiger partial charge is 0.114 e. The molecule has 0 bridgehead atoms. The summed E-state index contributed by atoms with van der Waals surface area (Å²) >= 11 is 0. The van der Waals surface area contributed by atoms with Gasteiger partial charge in [-0.3, -0.25) is 0 Å². The molecule has 1 fully saturated rings. The van der Waals surface area contributed by atoms with Crippen molar-refractivity contribution >= 4 is 0 Å². The normalized spacial score (nSPS) is 24.8. The highest BCUT2D eigenvalue weighted by atomic mass is 16.6. The monoisotopic (exact) mass is 416 g/mol. The fourth-order valence-electron chi connectivity index (χ4n) is 4.09. The van der Waals surface area contributed by atoms with Gasteiger partial charge >= 0.3 is 0 Å². The van der Waals surface area contributed by atoms with E-state index in [9.17, 15) is 15.3 Å². The van der Waals surface area contributed by atoms with Crippen LogP contribution in [-0.4, -0.2) is 59.6 Å². The van der Waals surface area contributed by atoms with Gasteiger partial charge in [0.2, 0.25) is 0 Å². The predicted octanol–water partition coefficient (Wildman–Crippen LogP) is 4.75. The minimum absolute atomic E-state index is 0.0469. The first-order valence-corrected chi connectivity index (χ1v) is 12.4. The Morgan fingerprint density at radius 2 is 1.17 bits per heavy atom. The fourth-order valence-corrected chi connectivity index (χ4v) is 4.09. The molecule has 0 aliphatic carbocycles. The van der Waals surface area contributed by atoms with Crippen molar-refractivity contribution in [2.75, 3.05) is 19.8 Å². The lowest BCUT2D eigenvalue weighted by molar-refractivity contribution is -0.211. The average molecular weight is 417 g/mol. The average Bonchev–Trinajstić information content (AvgIpc) is 2.73. The maximum absolute atomic E-state index is 10.0. The SMILES string of the molecule is CCCCCCCCCCCCCCCCCCO[C@@H]1[C@@H](O)[C@H](O)CO[C@H]1CO. The van der Waals surface area contributed by atoms with Crippen LogP contribution in [0.15, 0.2) is 0 Å². The molecule has 5 heteroatoms. The summed E-state index contributed by atoms with van der Waals surface area (Å²) in [5, 5.41) is 29.0. The number of unbranched alkanes of at least 4 members (excludes halogenated alkanes) is 15. The van der Waals surface area contributed by atoms with Gasteiger partial charge in [-0.05, 0) is 6.42 Å². The van der Waals surface area contributed by atoms with E-state index in [-0.39, 0.29) is 13.2 Å². The number of hydrogen-bond donors (Lipinski definition) is 3. The number of aliphatic hydroxyl groups is 3. The van der Waals surface area contributed by atoms with E-state index in [1.54, 1.807) is 0 Å². The minimum atomic E-state index is -0.984. The van der Waals surface area contributed by atoms with E-state index in [1.165, 1.54) is 89.9 Å². The summed E-state index contributed by atoms with van der Waals surface area (Å²) in [5.41, 5.74) is 0. The molecule has 0 aromatic heterocycles. The lowest BCUT2D eigenvalue weighted by Gasteiger charge is -2.37. The topological polar surface area (TPSA) is 79.2 Å². The molecule has 1 saturated heterocycles. The van der Waals surface area contributed by atoms with E-state index in [4.69, 9.17) is 9.47 Å². The van der Waals surface area contributed by atoms with Gasteiger partial charge in [0.05, 0.1) is 13.2 Å². The summed E-state index contributed by atoms with van der Waals surface area (Å²) in [4.78, 5) is 0. The van der Waals surface area contributed by atoms with Crippen LogP contribution < -0.4 is 0 Å². The number of rotatable bonds is 19. The zero-order valence-corrected chi connectivity index (χ0v) is 18.9. The summed E-state index contributed by atoms with van der Waals surface area (Å²) in [6.45, 7) is 2.65. The Bertz CT molecular complexity index is 350. The molecule has 0 aromatic carbocycles. The summed E-state index contributed by atoms with van der Waals surface area (Å²) < 4.78 is 11.0. The molecule has 0 unspecified atom stereocenters. The minimum Gasteiger partial charge on any atom is -0.394 e. The highest BCUT2D eigenvalue weighted by molar-refractivity contribution is 4.87. The standard InChI is InChI=1S/C24H48O5/c1-2-3-4-5-6-7-8-9-10-11-12-13-14-15-16-17-18-28-24-22(19-25)29-20-21(26)23(24)27/h21-27H,2-20H2,1H3/t21-,22+,23+,24+/m1/s1. The van der Waals surface area contributed by atoms with Crippen molar-refractivity contribution in [1.82, 2.24) is 0 Å². The van der Waals surface area contributed by atoms with E-state index in [2.05, 4.69) is 6.92 Å². The molecule has 5 nitrogen and oxygen atoms in total. The van der Waals surface area contributed by atoms with E-state index >= 15 is 0 Å². The van der Waals surface area contributed by atoms with E-state index in [1.807, 2.05) is 0 Å². The van der Waals surface area contributed by atoms with Crippen LogP contribution >= 0.6 is 0 Å². The van der Waals surface area contributed by atoms with Crippen molar-refractivity contribution in [3.05, 3.63) is 0 Å². The van der Waals surface area contributed by atoms with E-state index < -0.39 is 24.4 Å². The van der Waals surface area contributed by atoms with Crippen LogP contribution in [0.2, 0.25) is 0 Å². The van der Waals surface area contributed by atoms with Gasteiger partial charge in [-0.15, -0.1) is 0 Å². The van der Waals surface area contributed by atoms with Crippen molar-refractivity contribution in [2.24, 2.45) is 0 Å². The molecule has 0 aromatic rings. The molecule has 0 spiro atoms. The van der Waals surface area contributed by atoms with E-state index in [0.717, 1.165) is 12.8 Å². The van der Waals surface area contributed by atoms with Gasteiger partial charge in [0.1, 0.15) is 24.4 Å². The Morgan fingerprint density at radius 1 is 0.724 bits per heavy atom. The third-order valence-corrected chi connectivity index (χ3v) is 6.07. The Hall–Kier alpha value is -0.200. The van der Waals surface area contributed by atoms with Crippen LogP contribution in [0, 0.1) is 0 Å². The molecule has 4 atom stereocenters. The molecule has 1 heterocycles. The van der Waals surface area contributed by atoms with Gasteiger partial charge < -0.3 is 24.8 Å². The predicted molar refractivity (Wildman–Crippen MR) is 118 cm³/mol. The van der Waals surface area contributed by atoms with Crippen molar-refractivity contribution in [1.29, 1.82) is 0 Å². The summed E-state index contributed by atoms with van der Waals surface area (Å²) in [6, 6.07) is 0. The first-order chi connectivity index (χ1) is 14.2. The largest absolute Gasteiger partial charge is 0.394 e. The molecule has 29 heavy (non-hydrogen) atoms. The highest BCUT2D eigenvalue weighted by Gasteiger charge is 2.39. The van der Waals surface area contributed by atoms with Crippen LogP contribution in [0.1, 0.15) is 110 Å². The highest BCUT2D eigenvalue weighted by Crippen LogP contribution is 2.19. The second kappa shape index (κ2) is 18.6. The molecule has 1 rings (SSSR count). The number of aliphatic hydroxyl groups excluding tert-OH is 3. The zero-order valence-electron chi connectivity index (χ0n) is 18.9. The molecule has 1 aliphatic heterocycles. The Balaban J connectivity index is 1.83. The molecular formula is C24H48O5. The van der Waals surface area contributed by atoms with Gasteiger partial charge in [-0.1, -0.05) is 103 Å². The molecule has 0 saturated carbocycles. The first kappa shape index (κ1) is 26.8. The van der Waals surface area contributed by atoms with Gasteiger partial charge in [-0.2, -0.15) is 0 Å². The lowest BCUT2D eigenvalue weighted by atomic mass is 10.0. The molecule has 3 N–H and O–H groups in total. The summed E-state index contributed by atoms with van der Waals surface area (Å²) in [6.07, 6.45) is 18.2. The molecule has 0 radical (unpaired) electrons. The fraction of sp³-hybridized carbons (Fsp3) is 1.00. The maximum atomic E-state index is 10.0. The van der Waals surface area contributed by atoms with Gasteiger partial charge in [-0.25, -0.2) is 0 Å². The Kier molecular flexibility index (Phi) is 17.2. The zero-order chi connectivity index (χ0) is 21.2. The van der Waals surface area contributed by atoms with Crippen molar-refractivity contribution < 1.29 is 24.8 Å². The summed E-state index contributed by atoms with van der Waals surface area (Å²) in [7, 11) is 0. The lowest BCUT2D eigenvalue weighted by Crippen LogP contribution is -2.55. The number of hydrogen-bond acceptors (Lipinski definition) is 5. The second-order valence-electron chi connectivity index (χ2n) is 8.75. The van der Waals surface area contributed by atoms with Crippen molar-refractivity contribution in [2.45, 2.75) is 134 Å². The van der Waals surface area contributed by atoms with Gasteiger partial charge in [0, 0.05) is 6.61 Å². The molecule has 1 aliphatic rings. The van der Waals surface area contributed by atoms with Crippen LogP contribution in [-0.2, 0) is 9.47 Å². The van der Waals surface area contributed by atoms with Crippen LogP contribution in [0.5, 0.6) is 0 Å².